The molecule has 1 aromatic rings. The first kappa shape index (κ1) is 18.1. The molecule has 25 heavy (non-hydrogen) atoms. The molecule has 0 aromatic heterocycles. The predicted octanol–water partition coefficient (Wildman–Crippen LogP) is 0.926. The number of carbonyl (C=O) groups excluding carboxylic acids is 2. The van der Waals surface area contributed by atoms with Crippen molar-refractivity contribution in [1.82, 2.24) is 9.80 Å². The number of piperazine rings is 1. The highest BCUT2D eigenvalue weighted by Gasteiger charge is 2.30. The lowest BCUT2D eigenvalue weighted by atomic mass is 10.2. The smallest absolute Gasteiger partial charge is 0.320 e. The van der Waals surface area contributed by atoms with Crippen molar-refractivity contribution in [3.8, 4) is 0 Å². The van der Waals surface area contributed by atoms with Crippen molar-refractivity contribution < 1.29 is 14.3 Å². The van der Waals surface area contributed by atoms with Crippen LogP contribution in [0.25, 0.3) is 0 Å². The van der Waals surface area contributed by atoms with Gasteiger partial charge in [0, 0.05) is 50.7 Å². The van der Waals surface area contributed by atoms with E-state index in [-0.39, 0.29) is 17.1 Å². The fourth-order valence-electron chi connectivity index (χ4n) is 3.24. The van der Waals surface area contributed by atoms with Crippen molar-refractivity contribution in [3.05, 3.63) is 30.3 Å². The molecule has 0 bridgehead atoms. The summed E-state index contributed by atoms with van der Waals surface area (Å²) in [5.74, 6) is 0.661. The van der Waals surface area contributed by atoms with Gasteiger partial charge in [-0.25, -0.2) is 0 Å². The molecule has 2 saturated heterocycles. The fourth-order valence-corrected chi connectivity index (χ4v) is 4.37. The van der Waals surface area contributed by atoms with Crippen LogP contribution in [-0.2, 0) is 14.3 Å². The minimum atomic E-state index is -0.252. The van der Waals surface area contributed by atoms with Crippen LogP contribution in [0.5, 0.6) is 0 Å². The van der Waals surface area contributed by atoms with E-state index in [1.807, 2.05) is 11.0 Å². The normalized spacial score (nSPS) is 21.9. The van der Waals surface area contributed by atoms with Crippen molar-refractivity contribution in [2.45, 2.75) is 5.25 Å². The summed E-state index contributed by atoms with van der Waals surface area (Å²) < 4.78 is 4.81. The van der Waals surface area contributed by atoms with Gasteiger partial charge in [-0.2, -0.15) is 0 Å². The molecular weight excluding hydrogens is 338 g/mol. The number of thioether (sulfide) groups is 1. The van der Waals surface area contributed by atoms with Crippen LogP contribution in [-0.4, -0.2) is 85.6 Å². The molecule has 1 aromatic carbocycles. The SMILES string of the molecule is COC(=O)[C@@H]1CN(C(=O)CN2CCN(c3ccccc3)CC2)CCS1. The van der Waals surface area contributed by atoms with E-state index in [0.717, 1.165) is 31.9 Å². The van der Waals surface area contributed by atoms with Gasteiger partial charge < -0.3 is 14.5 Å². The highest BCUT2D eigenvalue weighted by molar-refractivity contribution is 8.00. The molecule has 0 spiro atoms. The number of para-hydroxylation sites is 1. The van der Waals surface area contributed by atoms with Crippen molar-refractivity contribution in [2.75, 3.05) is 63.6 Å². The number of amides is 1. The summed E-state index contributed by atoms with van der Waals surface area (Å²) in [6.07, 6.45) is 0. The standard InChI is InChI=1S/C18H25N3O3S/c1-24-18(23)16-13-21(11-12-25-16)17(22)14-19-7-9-20(10-8-19)15-5-3-2-4-6-15/h2-6,16H,7-14H2,1H3/t16-/m0/s1. The Balaban J connectivity index is 1.47. The Morgan fingerprint density at radius 2 is 1.84 bits per heavy atom. The summed E-state index contributed by atoms with van der Waals surface area (Å²) in [4.78, 5) is 30.6. The maximum atomic E-state index is 12.6. The monoisotopic (exact) mass is 363 g/mol. The Hall–Kier alpha value is -1.73. The van der Waals surface area contributed by atoms with Crippen LogP contribution in [0.3, 0.4) is 0 Å². The molecule has 2 fully saturated rings. The lowest BCUT2D eigenvalue weighted by Crippen LogP contribution is -2.52. The molecule has 0 radical (unpaired) electrons. The van der Waals surface area contributed by atoms with Crippen LogP contribution in [0, 0.1) is 0 Å². The molecule has 0 N–H and O–H groups in total. The van der Waals surface area contributed by atoms with Crippen LogP contribution in [0.4, 0.5) is 5.69 Å². The number of carbonyl (C=O) groups is 2. The summed E-state index contributed by atoms with van der Waals surface area (Å²) in [6.45, 7) is 5.21. The minimum absolute atomic E-state index is 0.113. The highest BCUT2D eigenvalue weighted by Crippen LogP contribution is 2.20. The zero-order valence-electron chi connectivity index (χ0n) is 14.6. The number of hydrogen-bond acceptors (Lipinski definition) is 6. The van der Waals surface area contributed by atoms with Gasteiger partial charge in [0.05, 0.1) is 13.7 Å². The molecule has 2 aliphatic rings. The topological polar surface area (TPSA) is 53.1 Å². The third kappa shape index (κ3) is 4.67. The second-order valence-corrected chi connectivity index (χ2v) is 7.63. The summed E-state index contributed by atoms with van der Waals surface area (Å²) in [5, 5.41) is -0.252. The van der Waals surface area contributed by atoms with E-state index < -0.39 is 0 Å². The van der Waals surface area contributed by atoms with E-state index in [1.165, 1.54) is 12.8 Å². The molecule has 136 valence electrons. The van der Waals surface area contributed by atoms with Gasteiger partial charge in [0.2, 0.25) is 5.91 Å². The van der Waals surface area contributed by atoms with E-state index in [4.69, 9.17) is 4.74 Å². The maximum absolute atomic E-state index is 12.6. The van der Waals surface area contributed by atoms with Crippen LogP contribution in [0.15, 0.2) is 30.3 Å². The van der Waals surface area contributed by atoms with Crippen molar-refractivity contribution in [1.29, 1.82) is 0 Å². The van der Waals surface area contributed by atoms with Crippen LogP contribution in [0.2, 0.25) is 0 Å². The highest BCUT2D eigenvalue weighted by atomic mass is 32.2. The Bertz CT molecular complexity index is 590. The minimum Gasteiger partial charge on any atom is -0.468 e. The van der Waals surface area contributed by atoms with Gasteiger partial charge in [0.1, 0.15) is 5.25 Å². The lowest BCUT2D eigenvalue weighted by Gasteiger charge is -2.37. The summed E-state index contributed by atoms with van der Waals surface area (Å²) in [7, 11) is 1.40. The molecule has 3 rings (SSSR count). The molecule has 1 amide bonds. The van der Waals surface area contributed by atoms with Gasteiger partial charge in [0.25, 0.3) is 0 Å². The third-order valence-electron chi connectivity index (χ3n) is 4.74. The number of nitrogens with zero attached hydrogens (tertiary/aromatic N) is 3. The first-order valence-corrected chi connectivity index (χ1v) is 9.72. The number of anilines is 1. The molecule has 0 unspecified atom stereocenters. The Kier molecular flexibility index (Phi) is 6.20. The molecule has 6 nitrogen and oxygen atoms in total. The number of hydrogen-bond donors (Lipinski definition) is 0. The Labute approximate surface area is 153 Å². The lowest BCUT2D eigenvalue weighted by molar-refractivity contribution is -0.141. The average molecular weight is 363 g/mol. The molecule has 7 heteroatoms. The van der Waals surface area contributed by atoms with Crippen LogP contribution < -0.4 is 4.90 Å². The predicted molar refractivity (Wildman–Crippen MR) is 99.9 cm³/mol. The quantitative estimate of drug-likeness (QED) is 0.742. The summed E-state index contributed by atoms with van der Waals surface area (Å²) in [6, 6.07) is 10.4. The van der Waals surface area contributed by atoms with Crippen molar-refractivity contribution >= 4 is 29.3 Å². The first-order chi connectivity index (χ1) is 12.2. The molecule has 1 atom stereocenters. The van der Waals surface area contributed by atoms with E-state index in [2.05, 4.69) is 34.1 Å². The first-order valence-electron chi connectivity index (χ1n) is 8.67. The largest absolute Gasteiger partial charge is 0.468 e. The number of benzene rings is 1. The van der Waals surface area contributed by atoms with Gasteiger partial charge in [-0.1, -0.05) is 18.2 Å². The molecular formula is C18H25N3O3S. The van der Waals surface area contributed by atoms with E-state index in [0.29, 0.717) is 19.6 Å². The second kappa shape index (κ2) is 8.58. The number of rotatable bonds is 4. The third-order valence-corrected chi connectivity index (χ3v) is 5.90. The Morgan fingerprint density at radius 1 is 1.12 bits per heavy atom. The fraction of sp³-hybridized carbons (Fsp3) is 0.556. The van der Waals surface area contributed by atoms with Gasteiger partial charge >= 0.3 is 5.97 Å². The van der Waals surface area contributed by atoms with Crippen molar-refractivity contribution in [2.24, 2.45) is 0 Å². The van der Waals surface area contributed by atoms with Gasteiger partial charge in [-0.05, 0) is 12.1 Å². The molecule has 0 aliphatic carbocycles. The van der Waals surface area contributed by atoms with Crippen molar-refractivity contribution in [3.63, 3.8) is 0 Å². The number of ether oxygens (including phenoxy) is 1. The van der Waals surface area contributed by atoms with E-state index >= 15 is 0 Å². The van der Waals surface area contributed by atoms with Gasteiger partial charge in [-0.15, -0.1) is 11.8 Å². The number of methoxy groups -OCH3 is 1. The van der Waals surface area contributed by atoms with E-state index in [9.17, 15) is 9.59 Å². The zero-order valence-corrected chi connectivity index (χ0v) is 15.4. The second-order valence-electron chi connectivity index (χ2n) is 6.32. The van der Waals surface area contributed by atoms with Crippen LogP contribution >= 0.6 is 11.8 Å². The summed E-state index contributed by atoms with van der Waals surface area (Å²) in [5.41, 5.74) is 1.24. The number of esters is 1. The molecule has 2 aliphatic heterocycles. The summed E-state index contributed by atoms with van der Waals surface area (Å²) >= 11 is 1.57. The zero-order chi connectivity index (χ0) is 17.6. The maximum Gasteiger partial charge on any atom is 0.320 e. The average Bonchev–Trinajstić information content (AvgIpc) is 2.68. The van der Waals surface area contributed by atoms with E-state index in [1.54, 1.807) is 11.8 Å². The van der Waals surface area contributed by atoms with Gasteiger partial charge in [0.15, 0.2) is 0 Å². The Morgan fingerprint density at radius 3 is 2.52 bits per heavy atom. The van der Waals surface area contributed by atoms with Crippen LogP contribution in [0.1, 0.15) is 0 Å². The molecule has 2 heterocycles. The van der Waals surface area contributed by atoms with Gasteiger partial charge in [-0.3, -0.25) is 14.5 Å². The molecule has 0 saturated carbocycles.